The van der Waals surface area contributed by atoms with Crippen LogP contribution in [0, 0.1) is 23.0 Å². The maximum atomic E-state index is 13.0. The number of aliphatic carboxylic acids is 1. The molecule has 0 heterocycles. The van der Waals surface area contributed by atoms with Crippen LogP contribution in [-0.4, -0.2) is 11.1 Å². The summed E-state index contributed by atoms with van der Waals surface area (Å²) in [5, 5.41) is 16.8. The van der Waals surface area contributed by atoms with Crippen LogP contribution in [0.3, 0.4) is 0 Å². The predicted octanol–water partition coefficient (Wildman–Crippen LogP) is 1.93. The third-order valence-corrected chi connectivity index (χ3v) is 1.61. The number of nitrogens with zero attached hydrogens (tertiary/aromatic N) is 1. The van der Waals surface area contributed by atoms with E-state index in [4.69, 9.17) is 10.4 Å². The first-order valence-electron chi connectivity index (χ1n) is 3.84. The van der Waals surface area contributed by atoms with Crippen molar-refractivity contribution < 1.29 is 18.7 Å². The lowest BCUT2D eigenvalue weighted by molar-refractivity contribution is -0.131. The Kier molecular flexibility index (Phi) is 3.13. The van der Waals surface area contributed by atoms with E-state index in [2.05, 4.69) is 0 Å². The van der Waals surface area contributed by atoms with Gasteiger partial charge in [-0.15, -0.1) is 0 Å². The van der Waals surface area contributed by atoms with Crippen LogP contribution < -0.4 is 0 Å². The van der Waals surface area contributed by atoms with Crippen molar-refractivity contribution in [3.05, 3.63) is 41.0 Å². The van der Waals surface area contributed by atoms with Gasteiger partial charge in [-0.25, -0.2) is 13.6 Å². The molecule has 1 rings (SSSR count). The number of hydrogen-bond acceptors (Lipinski definition) is 2. The molecule has 5 heteroatoms. The monoisotopic (exact) mass is 209 g/mol. The van der Waals surface area contributed by atoms with Gasteiger partial charge in [0, 0.05) is 17.7 Å². The second-order valence-corrected chi connectivity index (χ2v) is 2.64. The fourth-order valence-corrected chi connectivity index (χ4v) is 0.940. The van der Waals surface area contributed by atoms with Crippen molar-refractivity contribution in [3.8, 4) is 6.07 Å². The first-order chi connectivity index (χ1) is 7.04. The maximum absolute atomic E-state index is 13.0. The second kappa shape index (κ2) is 4.33. The van der Waals surface area contributed by atoms with Gasteiger partial charge >= 0.3 is 5.97 Å². The van der Waals surface area contributed by atoms with Gasteiger partial charge in [0.1, 0.15) is 17.7 Å². The number of carboxylic acids is 1. The zero-order chi connectivity index (χ0) is 11.4. The van der Waals surface area contributed by atoms with E-state index >= 15 is 0 Å². The van der Waals surface area contributed by atoms with Gasteiger partial charge < -0.3 is 5.11 Å². The first kappa shape index (κ1) is 10.9. The minimum absolute atomic E-state index is 0.143. The molecule has 0 saturated carbocycles. The smallest absolute Gasteiger partial charge is 0.328 e. The Balaban J connectivity index is 3.20. The molecule has 0 aliphatic rings. The van der Waals surface area contributed by atoms with E-state index in [1.54, 1.807) is 0 Å². The Hall–Kier alpha value is -2.22. The molecule has 3 nitrogen and oxygen atoms in total. The maximum Gasteiger partial charge on any atom is 0.328 e. The number of nitriles is 1. The highest BCUT2D eigenvalue weighted by atomic mass is 19.1. The van der Waals surface area contributed by atoms with Crippen LogP contribution in [0.5, 0.6) is 0 Å². The summed E-state index contributed by atoms with van der Waals surface area (Å²) >= 11 is 0. The van der Waals surface area contributed by atoms with Crippen LogP contribution in [0.15, 0.2) is 18.2 Å². The van der Waals surface area contributed by atoms with Crippen LogP contribution in [0.1, 0.15) is 11.1 Å². The van der Waals surface area contributed by atoms with Crippen molar-refractivity contribution in [2.24, 2.45) is 0 Å². The van der Waals surface area contributed by atoms with Gasteiger partial charge in [0.15, 0.2) is 0 Å². The number of halogens is 2. The molecular weight excluding hydrogens is 204 g/mol. The lowest BCUT2D eigenvalue weighted by Crippen LogP contribution is -1.92. The van der Waals surface area contributed by atoms with Crippen molar-refractivity contribution in [2.45, 2.75) is 0 Å². The van der Waals surface area contributed by atoms with E-state index in [1.165, 1.54) is 6.07 Å². The molecule has 0 aliphatic heterocycles. The Morgan fingerprint density at radius 1 is 1.40 bits per heavy atom. The highest BCUT2D eigenvalue weighted by Crippen LogP contribution is 2.15. The quantitative estimate of drug-likeness (QED) is 0.757. The summed E-state index contributed by atoms with van der Waals surface area (Å²) in [6.45, 7) is 0. The molecule has 0 unspecified atom stereocenters. The summed E-state index contributed by atoms with van der Waals surface area (Å²) < 4.78 is 25.9. The molecule has 0 atom stereocenters. The van der Waals surface area contributed by atoms with Gasteiger partial charge in [-0.2, -0.15) is 5.26 Å². The van der Waals surface area contributed by atoms with E-state index in [9.17, 15) is 13.6 Å². The summed E-state index contributed by atoms with van der Waals surface area (Å²) in [6, 6.07) is 3.02. The van der Waals surface area contributed by atoms with E-state index < -0.39 is 17.6 Å². The molecule has 0 spiro atoms. The lowest BCUT2D eigenvalue weighted by atomic mass is 10.1. The fraction of sp³-hybridized carbons (Fsp3) is 0. The predicted molar refractivity (Wildman–Crippen MR) is 47.7 cm³/mol. The molecule has 0 radical (unpaired) electrons. The number of rotatable bonds is 2. The second-order valence-electron chi connectivity index (χ2n) is 2.64. The average Bonchev–Trinajstić information content (AvgIpc) is 2.16. The van der Waals surface area contributed by atoms with Crippen molar-refractivity contribution in [3.63, 3.8) is 0 Å². The molecular formula is C10H5F2NO2. The Morgan fingerprint density at radius 2 is 2.07 bits per heavy atom. The van der Waals surface area contributed by atoms with Crippen LogP contribution in [0.25, 0.3) is 6.08 Å². The minimum atomic E-state index is -1.25. The molecule has 0 bridgehead atoms. The van der Waals surface area contributed by atoms with E-state index in [0.29, 0.717) is 12.1 Å². The van der Waals surface area contributed by atoms with Gasteiger partial charge in [0.2, 0.25) is 0 Å². The van der Waals surface area contributed by atoms with E-state index in [1.807, 2.05) is 0 Å². The van der Waals surface area contributed by atoms with Crippen LogP contribution in [0.2, 0.25) is 0 Å². The van der Waals surface area contributed by atoms with Gasteiger partial charge in [-0.05, 0) is 12.1 Å². The van der Waals surface area contributed by atoms with Crippen molar-refractivity contribution in [1.82, 2.24) is 0 Å². The van der Waals surface area contributed by atoms with Crippen molar-refractivity contribution >= 4 is 12.0 Å². The van der Waals surface area contributed by atoms with E-state index in [-0.39, 0.29) is 11.1 Å². The highest BCUT2D eigenvalue weighted by Gasteiger charge is 2.07. The normalized spacial score (nSPS) is 10.2. The number of carboxylic acid groups (broad SMARTS) is 1. The number of carbonyl (C=O) groups is 1. The van der Waals surface area contributed by atoms with Gasteiger partial charge in [-0.3, -0.25) is 0 Å². The molecule has 15 heavy (non-hydrogen) atoms. The molecule has 0 aromatic heterocycles. The van der Waals surface area contributed by atoms with Crippen molar-refractivity contribution in [1.29, 1.82) is 5.26 Å². The Labute approximate surface area is 83.9 Å². The Morgan fingerprint density at radius 3 is 2.60 bits per heavy atom. The zero-order valence-electron chi connectivity index (χ0n) is 7.37. The van der Waals surface area contributed by atoms with Crippen LogP contribution in [0.4, 0.5) is 8.78 Å². The largest absolute Gasteiger partial charge is 0.478 e. The van der Waals surface area contributed by atoms with Gasteiger partial charge in [-0.1, -0.05) is 0 Å². The topological polar surface area (TPSA) is 61.1 Å². The highest BCUT2D eigenvalue weighted by molar-refractivity contribution is 5.85. The van der Waals surface area contributed by atoms with Crippen LogP contribution >= 0.6 is 0 Å². The van der Waals surface area contributed by atoms with Crippen molar-refractivity contribution in [2.75, 3.05) is 0 Å². The summed E-state index contributed by atoms with van der Waals surface area (Å²) in [4.78, 5) is 10.2. The fourth-order valence-electron chi connectivity index (χ4n) is 0.940. The number of hydrogen-bond donors (Lipinski definition) is 1. The Bertz CT molecular complexity index is 475. The third kappa shape index (κ3) is 2.61. The minimum Gasteiger partial charge on any atom is -0.478 e. The standard InChI is InChI=1S/C10H5F2NO2/c11-8-4-9(12)7(5-13)3-6(8)1-2-10(14)15/h1-4H,(H,14,15)/b2-1+. The first-order valence-corrected chi connectivity index (χ1v) is 3.84. The molecule has 1 N–H and O–H groups in total. The average molecular weight is 209 g/mol. The summed E-state index contributed by atoms with van der Waals surface area (Å²) in [6.07, 6.45) is 1.66. The molecule has 0 aliphatic carbocycles. The summed E-state index contributed by atoms with van der Waals surface area (Å²) in [7, 11) is 0. The SMILES string of the molecule is N#Cc1cc(/C=C/C(=O)O)c(F)cc1F. The van der Waals surface area contributed by atoms with E-state index in [0.717, 1.165) is 12.1 Å². The molecule has 0 amide bonds. The molecule has 76 valence electrons. The molecule has 1 aromatic rings. The molecule has 0 fully saturated rings. The van der Waals surface area contributed by atoms with Crippen LogP contribution in [-0.2, 0) is 4.79 Å². The lowest BCUT2D eigenvalue weighted by Gasteiger charge is -1.98. The molecule has 0 saturated heterocycles. The summed E-state index contributed by atoms with van der Waals surface area (Å²) in [5.74, 6) is -3.14. The third-order valence-electron chi connectivity index (χ3n) is 1.61. The molecule has 1 aromatic carbocycles. The van der Waals surface area contributed by atoms with Gasteiger partial charge in [0.25, 0.3) is 0 Å². The summed E-state index contributed by atoms with van der Waals surface area (Å²) in [5.41, 5.74) is -0.475. The van der Waals surface area contributed by atoms with Gasteiger partial charge in [0.05, 0.1) is 5.56 Å². The number of benzene rings is 1. The zero-order valence-corrected chi connectivity index (χ0v) is 7.37.